The van der Waals surface area contributed by atoms with Crippen molar-refractivity contribution in [1.29, 1.82) is 0 Å². The zero-order valence-corrected chi connectivity index (χ0v) is 16.3. The van der Waals surface area contributed by atoms with Gasteiger partial charge in [-0.05, 0) is 67.9 Å². The Morgan fingerprint density at radius 2 is 1.85 bits per heavy atom. The van der Waals surface area contributed by atoms with Gasteiger partial charge in [-0.25, -0.2) is 9.50 Å². The molecule has 0 aliphatic heterocycles. The summed E-state index contributed by atoms with van der Waals surface area (Å²) >= 11 is 5.92. The number of rotatable bonds is 5. The van der Waals surface area contributed by atoms with Gasteiger partial charge in [0.05, 0.1) is 6.20 Å². The predicted octanol–water partition coefficient (Wildman–Crippen LogP) is 5.57. The van der Waals surface area contributed by atoms with Crippen LogP contribution in [0.3, 0.4) is 0 Å². The van der Waals surface area contributed by atoms with Crippen molar-refractivity contribution < 1.29 is 4.79 Å². The molecule has 1 aromatic carbocycles. The number of benzene rings is 1. The van der Waals surface area contributed by atoms with E-state index in [1.807, 2.05) is 35.1 Å². The van der Waals surface area contributed by atoms with Gasteiger partial charge in [-0.2, -0.15) is 5.10 Å². The van der Waals surface area contributed by atoms with E-state index in [0.29, 0.717) is 29.2 Å². The molecule has 140 valence electrons. The zero-order valence-electron chi connectivity index (χ0n) is 15.5. The lowest BCUT2D eigenvalue weighted by Gasteiger charge is -2.32. The number of Topliss-reactive ketones (excluding diaryl/α,β-unsaturated/α-hetero) is 1. The number of aromatic nitrogens is 3. The Labute approximate surface area is 164 Å². The maximum absolute atomic E-state index is 12.6. The standard InChI is InChI=1S/C22H24ClN3O/c1-15(14-21(27)18-6-8-19(23)9-7-18)16-2-4-17(5-3-16)20-10-12-24-22-11-13-25-26(20)22/h6-13,15-17H,2-5,14H2,1H3/t15-,16?,17?/m0/s1. The molecular weight excluding hydrogens is 358 g/mol. The quantitative estimate of drug-likeness (QED) is 0.543. The largest absolute Gasteiger partial charge is 0.294 e. The van der Waals surface area contributed by atoms with Crippen molar-refractivity contribution in [3.8, 4) is 0 Å². The number of hydrogen-bond donors (Lipinski definition) is 0. The third-order valence-corrected chi connectivity index (χ3v) is 6.24. The topological polar surface area (TPSA) is 47.3 Å². The second-order valence-corrected chi connectivity index (χ2v) is 8.13. The second kappa shape index (κ2) is 7.81. The first kappa shape index (κ1) is 18.2. The maximum atomic E-state index is 12.6. The Morgan fingerprint density at radius 1 is 1.11 bits per heavy atom. The molecule has 0 radical (unpaired) electrons. The van der Waals surface area contributed by atoms with Crippen LogP contribution in [-0.2, 0) is 0 Å². The van der Waals surface area contributed by atoms with Gasteiger partial charge >= 0.3 is 0 Å². The van der Waals surface area contributed by atoms with Crippen LogP contribution in [0.1, 0.15) is 61.0 Å². The van der Waals surface area contributed by atoms with Crippen LogP contribution in [0.2, 0.25) is 5.02 Å². The highest BCUT2D eigenvalue weighted by atomic mass is 35.5. The number of hydrogen-bond acceptors (Lipinski definition) is 3. The summed E-state index contributed by atoms with van der Waals surface area (Å²) in [5.41, 5.74) is 2.93. The van der Waals surface area contributed by atoms with E-state index >= 15 is 0 Å². The minimum atomic E-state index is 0.216. The summed E-state index contributed by atoms with van der Waals surface area (Å²) in [6, 6.07) is 11.3. The SMILES string of the molecule is C[C@@H](CC(=O)c1ccc(Cl)cc1)C1CCC(c2ccnc3ccnn23)CC1. The molecule has 0 unspecified atom stereocenters. The zero-order chi connectivity index (χ0) is 18.8. The highest BCUT2D eigenvalue weighted by Gasteiger charge is 2.28. The van der Waals surface area contributed by atoms with Crippen molar-refractivity contribution in [2.75, 3.05) is 0 Å². The molecule has 1 fully saturated rings. The lowest BCUT2D eigenvalue weighted by molar-refractivity contribution is 0.0937. The van der Waals surface area contributed by atoms with E-state index in [1.165, 1.54) is 5.69 Å². The van der Waals surface area contributed by atoms with E-state index in [2.05, 4.69) is 23.1 Å². The molecule has 0 spiro atoms. The fourth-order valence-electron chi connectivity index (χ4n) is 4.36. The number of ketones is 1. The Kier molecular flexibility index (Phi) is 5.26. The van der Waals surface area contributed by atoms with Crippen LogP contribution in [0.25, 0.3) is 5.65 Å². The molecule has 27 heavy (non-hydrogen) atoms. The highest BCUT2D eigenvalue weighted by Crippen LogP contribution is 2.39. The molecule has 2 heterocycles. The monoisotopic (exact) mass is 381 g/mol. The molecular formula is C22H24ClN3O. The minimum Gasteiger partial charge on any atom is -0.294 e. The first-order chi connectivity index (χ1) is 13.1. The number of halogens is 1. The van der Waals surface area contributed by atoms with Crippen LogP contribution < -0.4 is 0 Å². The van der Waals surface area contributed by atoms with Gasteiger partial charge in [-0.3, -0.25) is 4.79 Å². The van der Waals surface area contributed by atoms with Gasteiger partial charge in [0, 0.05) is 40.9 Å². The Balaban J connectivity index is 1.36. The third-order valence-electron chi connectivity index (χ3n) is 5.99. The van der Waals surface area contributed by atoms with E-state index in [-0.39, 0.29) is 5.78 Å². The van der Waals surface area contributed by atoms with Gasteiger partial charge < -0.3 is 0 Å². The van der Waals surface area contributed by atoms with Crippen LogP contribution in [0.4, 0.5) is 0 Å². The molecule has 1 aliphatic carbocycles. The lowest BCUT2D eigenvalue weighted by Crippen LogP contribution is -2.22. The average molecular weight is 382 g/mol. The summed E-state index contributed by atoms with van der Waals surface area (Å²) in [6.45, 7) is 2.22. The van der Waals surface area contributed by atoms with Gasteiger partial charge in [0.15, 0.2) is 11.4 Å². The second-order valence-electron chi connectivity index (χ2n) is 7.69. The molecule has 1 saturated carbocycles. The average Bonchev–Trinajstić information content (AvgIpc) is 3.17. The van der Waals surface area contributed by atoms with Crippen molar-refractivity contribution in [3.63, 3.8) is 0 Å². The van der Waals surface area contributed by atoms with Gasteiger partial charge in [-0.1, -0.05) is 18.5 Å². The van der Waals surface area contributed by atoms with E-state index in [9.17, 15) is 4.79 Å². The Bertz CT molecular complexity index is 926. The number of carbonyl (C=O) groups excluding carboxylic acids is 1. The van der Waals surface area contributed by atoms with E-state index in [1.54, 1.807) is 12.1 Å². The number of fused-ring (bicyclic) bond motifs is 1. The van der Waals surface area contributed by atoms with Gasteiger partial charge in [-0.15, -0.1) is 0 Å². The van der Waals surface area contributed by atoms with Crippen molar-refractivity contribution in [2.24, 2.45) is 11.8 Å². The summed E-state index contributed by atoms with van der Waals surface area (Å²) in [5.74, 6) is 1.74. The molecule has 0 bridgehead atoms. The highest BCUT2D eigenvalue weighted by molar-refractivity contribution is 6.30. The molecule has 0 amide bonds. The first-order valence-electron chi connectivity index (χ1n) is 9.69. The van der Waals surface area contributed by atoms with Crippen molar-refractivity contribution in [2.45, 2.75) is 44.9 Å². The first-order valence-corrected chi connectivity index (χ1v) is 10.1. The minimum absolute atomic E-state index is 0.216. The summed E-state index contributed by atoms with van der Waals surface area (Å²) in [4.78, 5) is 16.9. The molecule has 4 nitrogen and oxygen atoms in total. The van der Waals surface area contributed by atoms with E-state index in [4.69, 9.17) is 11.6 Å². The van der Waals surface area contributed by atoms with E-state index in [0.717, 1.165) is 36.9 Å². The van der Waals surface area contributed by atoms with Gasteiger partial charge in [0.1, 0.15) is 0 Å². The summed E-state index contributed by atoms with van der Waals surface area (Å²) in [5, 5.41) is 5.09. The van der Waals surface area contributed by atoms with Crippen molar-refractivity contribution >= 4 is 23.0 Å². The van der Waals surface area contributed by atoms with Crippen molar-refractivity contribution in [3.05, 3.63) is 65.1 Å². The van der Waals surface area contributed by atoms with Gasteiger partial charge in [0.2, 0.25) is 0 Å². The molecule has 3 aromatic rings. The molecule has 5 heteroatoms. The molecule has 1 aliphatic rings. The maximum Gasteiger partial charge on any atom is 0.163 e. The Hall–Kier alpha value is -2.20. The van der Waals surface area contributed by atoms with Crippen LogP contribution in [-0.4, -0.2) is 20.4 Å². The molecule has 4 rings (SSSR count). The summed E-state index contributed by atoms with van der Waals surface area (Å²) in [7, 11) is 0. The van der Waals surface area contributed by atoms with Crippen LogP contribution in [0, 0.1) is 11.8 Å². The predicted molar refractivity (Wildman–Crippen MR) is 107 cm³/mol. The fourth-order valence-corrected chi connectivity index (χ4v) is 4.49. The van der Waals surface area contributed by atoms with Gasteiger partial charge in [0.25, 0.3) is 0 Å². The molecule has 0 N–H and O–H groups in total. The summed E-state index contributed by atoms with van der Waals surface area (Å²) < 4.78 is 1.97. The number of carbonyl (C=O) groups is 1. The van der Waals surface area contributed by atoms with Crippen LogP contribution >= 0.6 is 11.6 Å². The number of nitrogens with zero attached hydrogens (tertiary/aromatic N) is 3. The lowest BCUT2D eigenvalue weighted by atomic mass is 9.74. The van der Waals surface area contributed by atoms with Crippen LogP contribution in [0.15, 0.2) is 48.8 Å². The van der Waals surface area contributed by atoms with E-state index < -0.39 is 0 Å². The van der Waals surface area contributed by atoms with Crippen LogP contribution in [0.5, 0.6) is 0 Å². The molecule has 0 saturated heterocycles. The van der Waals surface area contributed by atoms with Crippen molar-refractivity contribution in [1.82, 2.24) is 14.6 Å². The molecule has 1 atom stereocenters. The fraction of sp³-hybridized carbons (Fsp3) is 0.409. The summed E-state index contributed by atoms with van der Waals surface area (Å²) in [6.07, 6.45) is 8.89. The normalized spacial score (nSPS) is 21.3. The molecule has 2 aromatic heterocycles. The smallest absolute Gasteiger partial charge is 0.163 e. The third kappa shape index (κ3) is 3.91. The Morgan fingerprint density at radius 3 is 2.59 bits per heavy atom.